The zero-order valence-electron chi connectivity index (χ0n) is 6.31. The molecule has 0 N–H and O–H groups in total. The van der Waals surface area contributed by atoms with Gasteiger partial charge in [0.15, 0.2) is 0 Å². The van der Waals surface area contributed by atoms with Crippen LogP contribution in [-0.2, 0) is 5.92 Å². The Bertz CT molecular complexity index is 255. The maximum Gasteiger partial charge on any atom is 0.288 e. The zero-order chi connectivity index (χ0) is 8.48. The van der Waals surface area contributed by atoms with E-state index in [0.717, 1.165) is 13.1 Å². The molecule has 60 valence electrons. The van der Waals surface area contributed by atoms with Crippen LogP contribution in [0.1, 0.15) is 18.3 Å². The summed E-state index contributed by atoms with van der Waals surface area (Å²) in [5.74, 6) is -2.89. The van der Waals surface area contributed by atoms with Crippen molar-refractivity contribution in [2.24, 2.45) is 0 Å². The van der Waals surface area contributed by atoms with Crippen LogP contribution < -0.4 is 0 Å². The summed E-state index contributed by atoms with van der Waals surface area (Å²) in [5.41, 5.74) is 0.224. The van der Waals surface area contributed by atoms with Crippen molar-refractivity contribution in [2.45, 2.75) is 19.8 Å². The van der Waals surface area contributed by atoms with E-state index in [1.54, 1.807) is 6.92 Å². The van der Waals surface area contributed by atoms with E-state index in [0.29, 0.717) is 5.69 Å². The lowest BCUT2D eigenvalue weighted by Crippen LogP contribution is -2.10. The molecule has 0 aliphatic rings. The van der Waals surface area contributed by atoms with Gasteiger partial charge in [0.25, 0.3) is 5.92 Å². The normalized spacial score (nSPS) is 11.6. The Kier molecular flexibility index (Phi) is 1.85. The zero-order valence-corrected chi connectivity index (χ0v) is 6.31. The molecule has 2 nitrogen and oxygen atoms in total. The molecule has 0 fully saturated rings. The number of hydrogen-bond acceptors (Lipinski definition) is 2. The Morgan fingerprint density at radius 3 is 2.36 bits per heavy atom. The molecular weight excluding hydrogens is 150 g/mol. The smallest absolute Gasteiger partial charge is 0.261 e. The number of rotatable bonds is 1. The molecule has 11 heavy (non-hydrogen) atoms. The van der Waals surface area contributed by atoms with Crippen molar-refractivity contribution in [1.82, 2.24) is 9.97 Å². The quantitative estimate of drug-likeness (QED) is 0.623. The van der Waals surface area contributed by atoms with Gasteiger partial charge in [-0.2, -0.15) is 8.78 Å². The van der Waals surface area contributed by atoms with Gasteiger partial charge in [0.05, 0.1) is 11.9 Å². The molecule has 0 aromatic carbocycles. The minimum Gasteiger partial charge on any atom is -0.261 e. The third kappa shape index (κ3) is 1.93. The average Bonchev–Trinajstić information content (AvgIpc) is 1.86. The van der Waals surface area contributed by atoms with Crippen molar-refractivity contribution in [3.05, 3.63) is 23.8 Å². The van der Waals surface area contributed by atoms with Crippen LogP contribution in [0.4, 0.5) is 8.78 Å². The SMILES string of the molecule is Cc1cncc(C(C)(F)F)n1. The fourth-order valence-corrected chi connectivity index (χ4v) is 0.675. The summed E-state index contributed by atoms with van der Waals surface area (Å²) >= 11 is 0. The molecule has 0 spiro atoms. The van der Waals surface area contributed by atoms with Gasteiger partial charge in [0, 0.05) is 13.1 Å². The van der Waals surface area contributed by atoms with Crippen LogP contribution in [0.15, 0.2) is 12.4 Å². The molecule has 0 bridgehead atoms. The van der Waals surface area contributed by atoms with Gasteiger partial charge < -0.3 is 0 Å². The van der Waals surface area contributed by atoms with Crippen LogP contribution in [0, 0.1) is 6.92 Å². The second kappa shape index (κ2) is 2.53. The highest BCUT2D eigenvalue weighted by Gasteiger charge is 2.26. The van der Waals surface area contributed by atoms with Gasteiger partial charge >= 0.3 is 0 Å². The Morgan fingerprint density at radius 1 is 1.36 bits per heavy atom. The molecule has 1 rings (SSSR count). The van der Waals surface area contributed by atoms with Gasteiger partial charge in [-0.05, 0) is 6.92 Å². The summed E-state index contributed by atoms with van der Waals surface area (Å²) in [4.78, 5) is 7.24. The van der Waals surface area contributed by atoms with Gasteiger partial charge in [-0.1, -0.05) is 0 Å². The maximum absolute atomic E-state index is 12.5. The largest absolute Gasteiger partial charge is 0.288 e. The van der Waals surface area contributed by atoms with Crippen molar-refractivity contribution in [2.75, 3.05) is 0 Å². The second-order valence-electron chi connectivity index (χ2n) is 2.43. The molecule has 4 heteroatoms. The van der Waals surface area contributed by atoms with Gasteiger partial charge in [0.2, 0.25) is 0 Å². The number of aromatic nitrogens is 2. The number of halogens is 2. The van der Waals surface area contributed by atoms with Crippen molar-refractivity contribution in [3.63, 3.8) is 0 Å². The Hall–Kier alpha value is -1.06. The summed E-state index contributed by atoms with van der Waals surface area (Å²) < 4.78 is 25.1. The highest BCUT2D eigenvalue weighted by atomic mass is 19.3. The van der Waals surface area contributed by atoms with Crippen LogP contribution in [0.2, 0.25) is 0 Å². The van der Waals surface area contributed by atoms with E-state index in [1.807, 2.05) is 0 Å². The fourth-order valence-electron chi connectivity index (χ4n) is 0.675. The minimum absolute atomic E-state index is 0.280. The lowest BCUT2D eigenvalue weighted by atomic mass is 10.3. The first-order valence-electron chi connectivity index (χ1n) is 3.17. The van der Waals surface area contributed by atoms with E-state index in [9.17, 15) is 8.78 Å². The summed E-state index contributed by atoms with van der Waals surface area (Å²) in [6, 6.07) is 0. The molecule has 0 amide bonds. The van der Waals surface area contributed by atoms with Gasteiger partial charge in [-0.15, -0.1) is 0 Å². The number of nitrogens with zero attached hydrogens (tertiary/aromatic N) is 2. The molecule has 0 unspecified atom stereocenters. The molecule has 0 atom stereocenters. The number of hydrogen-bond donors (Lipinski definition) is 0. The summed E-state index contributed by atoms with van der Waals surface area (Å²) in [6.07, 6.45) is 2.52. The van der Waals surface area contributed by atoms with E-state index in [1.165, 1.54) is 6.20 Å². The van der Waals surface area contributed by atoms with Crippen molar-refractivity contribution in [3.8, 4) is 0 Å². The van der Waals surface area contributed by atoms with Gasteiger partial charge in [0.1, 0.15) is 5.69 Å². The third-order valence-electron chi connectivity index (χ3n) is 1.20. The molecule has 0 radical (unpaired) electrons. The minimum atomic E-state index is -2.89. The first-order valence-corrected chi connectivity index (χ1v) is 3.17. The van der Waals surface area contributed by atoms with Gasteiger partial charge in [-0.3, -0.25) is 4.98 Å². The molecule has 0 saturated carbocycles. The van der Waals surface area contributed by atoms with E-state index < -0.39 is 5.92 Å². The highest BCUT2D eigenvalue weighted by molar-refractivity contribution is 5.06. The van der Waals surface area contributed by atoms with E-state index in [4.69, 9.17) is 0 Å². The second-order valence-corrected chi connectivity index (χ2v) is 2.43. The maximum atomic E-state index is 12.5. The molecule has 1 aromatic rings. The lowest BCUT2D eigenvalue weighted by molar-refractivity contribution is 0.0122. The molecule has 1 aromatic heterocycles. The molecular formula is C7H8F2N2. The third-order valence-corrected chi connectivity index (χ3v) is 1.20. The van der Waals surface area contributed by atoms with Crippen LogP contribution >= 0.6 is 0 Å². The predicted octanol–water partition coefficient (Wildman–Crippen LogP) is 1.90. The predicted molar refractivity (Wildman–Crippen MR) is 36.3 cm³/mol. The topological polar surface area (TPSA) is 25.8 Å². The Labute approximate surface area is 63.3 Å². The lowest BCUT2D eigenvalue weighted by Gasteiger charge is -2.08. The molecule has 1 heterocycles. The van der Waals surface area contributed by atoms with Crippen molar-refractivity contribution < 1.29 is 8.78 Å². The van der Waals surface area contributed by atoms with Crippen molar-refractivity contribution >= 4 is 0 Å². The summed E-state index contributed by atoms with van der Waals surface area (Å²) in [6.45, 7) is 2.43. The van der Waals surface area contributed by atoms with E-state index in [-0.39, 0.29) is 5.69 Å². The highest BCUT2D eigenvalue weighted by Crippen LogP contribution is 2.23. The monoisotopic (exact) mass is 158 g/mol. The fraction of sp³-hybridized carbons (Fsp3) is 0.429. The van der Waals surface area contributed by atoms with E-state index >= 15 is 0 Å². The van der Waals surface area contributed by atoms with E-state index in [2.05, 4.69) is 9.97 Å². The molecule has 0 aliphatic heterocycles. The Balaban J connectivity index is 3.06. The number of alkyl halides is 2. The van der Waals surface area contributed by atoms with Crippen LogP contribution in [0.25, 0.3) is 0 Å². The van der Waals surface area contributed by atoms with Gasteiger partial charge in [-0.25, -0.2) is 4.98 Å². The first kappa shape index (κ1) is 8.04. The van der Waals surface area contributed by atoms with Crippen LogP contribution in [-0.4, -0.2) is 9.97 Å². The van der Waals surface area contributed by atoms with Crippen molar-refractivity contribution in [1.29, 1.82) is 0 Å². The summed E-state index contributed by atoms with van der Waals surface area (Å²) in [5, 5.41) is 0. The Morgan fingerprint density at radius 2 is 2.00 bits per heavy atom. The first-order chi connectivity index (χ1) is 5.00. The molecule has 0 aliphatic carbocycles. The van der Waals surface area contributed by atoms with Crippen LogP contribution in [0.3, 0.4) is 0 Å². The average molecular weight is 158 g/mol. The van der Waals surface area contributed by atoms with Crippen LogP contribution in [0.5, 0.6) is 0 Å². The number of aryl methyl sites for hydroxylation is 1. The molecule has 0 saturated heterocycles. The summed E-state index contributed by atoms with van der Waals surface area (Å²) in [7, 11) is 0. The standard InChI is InChI=1S/C7H8F2N2/c1-5-3-10-4-6(11-5)7(2,8)9/h3-4H,1-2H3.